The highest BCUT2D eigenvalue weighted by Crippen LogP contribution is 2.18. The highest BCUT2D eigenvalue weighted by molar-refractivity contribution is 5.16. The van der Waals surface area contributed by atoms with E-state index in [-0.39, 0.29) is 6.04 Å². The molecule has 0 aliphatic rings. The molecule has 0 fully saturated rings. The summed E-state index contributed by atoms with van der Waals surface area (Å²) in [5, 5.41) is 3.43. The number of nitrogens with zero attached hydrogens (tertiary/aromatic N) is 4. The Morgan fingerprint density at radius 3 is 2.68 bits per heavy atom. The highest BCUT2D eigenvalue weighted by atomic mass is 15.1. The predicted molar refractivity (Wildman–Crippen MR) is 74.8 cm³/mol. The van der Waals surface area contributed by atoms with Crippen LogP contribution in [-0.4, -0.2) is 26.1 Å². The lowest BCUT2D eigenvalue weighted by molar-refractivity contribution is 0.533. The van der Waals surface area contributed by atoms with Gasteiger partial charge in [0.1, 0.15) is 11.9 Å². The van der Waals surface area contributed by atoms with Crippen molar-refractivity contribution in [2.24, 2.45) is 0 Å². The summed E-state index contributed by atoms with van der Waals surface area (Å²) in [5.41, 5.74) is 1.84. The fraction of sp³-hybridized carbons (Fsp3) is 0.500. The average molecular weight is 259 g/mol. The Morgan fingerprint density at radius 1 is 1.21 bits per heavy atom. The summed E-state index contributed by atoms with van der Waals surface area (Å²) in [6.07, 6.45) is 8.57. The van der Waals surface area contributed by atoms with Gasteiger partial charge in [0.15, 0.2) is 0 Å². The minimum absolute atomic E-state index is 0.000324. The fourth-order valence-corrected chi connectivity index (χ4v) is 2.09. The van der Waals surface area contributed by atoms with E-state index in [9.17, 15) is 0 Å². The number of imidazole rings is 1. The van der Waals surface area contributed by atoms with E-state index in [0.717, 1.165) is 36.7 Å². The van der Waals surface area contributed by atoms with Crippen LogP contribution in [0.5, 0.6) is 0 Å². The van der Waals surface area contributed by atoms with E-state index < -0.39 is 0 Å². The minimum atomic E-state index is -0.000324. The van der Waals surface area contributed by atoms with Crippen LogP contribution in [0.4, 0.5) is 0 Å². The molecule has 0 aliphatic heterocycles. The van der Waals surface area contributed by atoms with Crippen molar-refractivity contribution in [1.82, 2.24) is 24.8 Å². The summed E-state index contributed by atoms with van der Waals surface area (Å²) < 4.78 is 2.18. The third kappa shape index (κ3) is 3.17. The summed E-state index contributed by atoms with van der Waals surface area (Å²) >= 11 is 0. The van der Waals surface area contributed by atoms with Gasteiger partial charge in [0.05, 0.1) is 17.6 Å². The monoisotopic (exact) mass is 259 g/mol. The third-order valence-corrected chi connectivity index (χ3v) is 2.98. The molecule has 2 heterocycles. The Hall–Kier alpha value is -1.75. The summed E-state index contributed by atoms with van der Waals surface area (Å²) in [6, 6.07) is -0.000324. The van der Waals surface area contributed by atoms with Crippen molar-refractivity contribution in [3.8, 4) is 0 Å². The normalized spacial score (nSPS) is 12.6. The van der Waals surface area contributed by atoms with Gasteiger partial charge in [-0.25, -0.2) is 4.98 Å². The minimum Gasteiger partial charge on any atom is -0.333 e. The van der Waals surface area contributed by atoms with Gasteiger partial charge >= 0.3 is 0 Å². The van der Waals surface area contributed by atoms with Crippen LogP contribution in [-0.2, 0) is 6.54 Å². The van der Waals surface area contributed by atoms with Crippen LogP contribution in [0.2, 0.25) is 0 Å². The third-order valence-electron chi connectivity index (χ3n) is 2.98. The molecule has 0 amide bonds. The zero-order valence-corrected chi connectivity index (χ0v) is 11.8. The summed E-state index contributed by atoms with van der Waals surface area (Å²) in [7, 11) is 0. The summed E-state index contributed by atoms with van der Waals surface area (Å²) in [4.78, 5) is 13.3. The first-order chi connectivity index (χ1) is 9.26. The molecule has 19 heavy (non-hydrogen) atoms. The Bertz CT molecular complexity index is 503. The van der Waals surface area contributed by atoms with Gasteiger partial charge in [-0.1, -0.05) is 13.8 Å². The van der Waals surface area contributed by atoms with Crippen LogP contribution < -0.4 is 5.32 Å². The lowest BCUT2D eigenvalue weighted by Gasteiger charge is -2.18. The first-order valence-electron chi connectivity index (χ1n) is 6.79. The second-order valence-corrected chi connectivity index (χ2v) is 4.55. The predicted octanol–water partition coefficient (Wildman–Crippen LogP) is 2.09. The van der Waals surface area contributed by atoms with E-state index in [0.29, 0.717) is 0 Å². The van der Waals surface area contributed by atoms with E-state index in [1.54, 1.807) is 6.20 Å². The first kappa shape index (κ1) is 13.7. The SMILES string of the molecule is CCCn1ccnc1C(NCC)c1cnc(C)cn1. The molecule has 5 heteroatoms. The molecule has 0 spiro atoms. The Balaban J connectivity index is 2.33. The molecule has 0 aromatic carbocycles. The smallest absolute Gasteiger partial charge is 0.132 e. The first-order valence-corrected chi connectivity index (χ1v) is 6.79. The van der Waals surface area contributed by atoms with E-state index in [1.165, 1.54) is 0 Å². The van der Waals surface area contributed by atoms with Gasteiger partial charge in [0, 0.05) is 25.1 Å². The average Bonchev–Trinajstić information content (AvgIpc) is 2.86. The molecule has 1 atom stereocenters. The molecule has 2 aromatic heterocycles. The van der Waals surface area contributed by atoms with Gasteiger partial charge in [-0.05, 0) is 19.9 Å². The number of hydrogen-bond acceptors (Lipinski definition) is 4. The zero-order valence-electron chi connectivity index (χ0n) is 11.8. The number of aromatic nitrogens is 4. The van der Waals surface area contributed by atoms with Crippen LogP contribution in [0.3, 0.4) is 0 Å². The number of hydrogen-bond donors (Lipinski definition) is 1. The topological polar surface area (TPSA) is 55.6 Å². The quantitative estimate of drug-likeness (QED) is 0.863. The number of nitrogens with one attached hydrogen (secondary N) is 1. The lowest BCUT2D eigenvalue weighted by atomic mass is 10.2. The van der Waals surface area contributed by atoms with Crippen molar-refractivity contribution < 1.29 is 0 Å². The van der Waals surface area contributed by atoms with Gasteiger partial charge < -0.3 is 9.88 Å². The molecule has 0 saturated heterocycles. The Morgan fingerprint density at radius 2 is 2.05 bits per heavy atom. The van der Waals surface area contributed by atoms with Crippen molar-refractivity contribution in [1.29, 1.82) is 0 Å². The standard InChI is InChI=1S/C14H21N5/c1-4-7-19-8-6-16-14(19)13(15-5-2)12-10-17-11(3)9-18-12/h6,8-10,13,15H,4-5,7H2,1-3H3. The molecule has 0 saturated carbocycles. The molecule has 1 N–H and O–H groups in total. The lowest BCUT2D eigenvalue weighted by Crippen LogP contribution is -2.26. The Labute approximate surface area is 114 Å². The van der Waals surface area contributed by atoms with Gasteiger partial charge in [-0.2, -0.15) is 0 Å². The largest absolute Gasteiger partial charge is 0.333 e. The van der Waals surface area contributed by atoms with Crippen LogP contribution in [0.25, 0.3) is 0 Å². The zero-order chi connectivity index (χ0) is 13.7. The van der Waals surface area contributed by atoms with Crippen molar-refractivity contribution in [3.05, 3.63) is 42.0 Å². The molecule has 2 rings (SSSR count). The molecular weight excluding hydrogens is 238 g/mol. The summed E-state index contributed by atoms with van der Waals surface area (Å²) in [5.74, 6) is 1.00. The maximum absolute atomic E-state index is 4.49. The maximum Gasteiger partial charge on any atom is 0.132 e. The van der Waals surface area contributed by atoms with Gasteiger partial charge in [-0.15, -0.1) is 0 Å². The number of aryl methyl sites for hydroxylation is 2. The molecule has 5 nitrogen and oxygen atoms in total. The van der Waals surface area contributed by atoms with E-state index >= 15 is 0 Å². The van der Waals surface area contributed by atoms with Crippen LogP contribution >= 0.6 is 0 Å². The fourth-order valence-electron chi connectivity index (χ4n) is 2.09. The highest BCUT2D eigenvalue weighted by Gasteiger charge is 2.19. The molecular formula is C14H21N5. The van der Waals surface area contributed by atoms with Crippen molar-refractivity contribution >= 4 is 0 Å². The van der Waals surface area contributed by atoms with Crippen molar-refractivity contribution in [2.45, 2.75) is 39.8 Å². The Kier molecular flexibility index (Phi) is 4.63. The molecule has 1 unspecified atom stereocenters. The van der Waals surface area contributed by atoms with Crippen LogP contribution in [0.1, 0.15) is 43.5 Å². The van der Waals surface area contributed by atoms with Gasteiger partial charge in [-0.3, -0.25) is 9.97 Å². The molecule has 0 radical (unpaired) electrons. The van der Waals surface area contributed by atoms with Crippen LogP contribution in [0.15, 0.2) is 24.8 Å². The summed E-state index contributed by atoms with van der Waals surface area (Å²) in [6.45, 7) is 8.02. The van der Waals surface area contributed by atoms with Crippen LogP contribution in [0, 0.1) is 6.92 Å². The van der Waals surface area contributed by atoms with E-state index in [1.807, 2.05) is 25.5 Å². The van der Waals surface area contributed by atoms with Crippen molar-refractivity contribution in [3.63, 3.8) is 0 Å². The second kappa shape index (κ2) is 6.43. The van der Waals surface area contributed by atoms with E-state index in [2.05, 4.69) is 38.7 Å². The maximum atomic E-state index is 4.49. The van der Waals surface area contributed by atoms with E-state index in [4.69, 9.17) is 0 Å². The second-order valence-electron chi connectivity index (χ2n) is 4.55. The van der Waals surface area contributed by atoms with Gasteiger partial charge in [0.2, 0.25) is 0 Å². The molecule has 0 aliphatic carbocycles. The molecule has 2 aromatic rings. The molecule has 102 valence electrons. The number of rotatable bonds is 6. The van der Waals surface area contributed by atoms with Crippen molar-refractivity contribution in [2.75, 3.05) is 6.54 Å². The molecule has 0 bridgehead atoms. The van der Waals surface area contributed by atoms with Gasteiger partial charge in [0.25, 0.3) is 0 Å².